The zero-order valence-electron chi connectivity index (χ0n) is 20.4. The quantitative estimate of drug-likeness (QED) is 0.198. The second-order valence-corrected chi connectivity index (χ2v) is 11.2. The molecule has 1 heterocycles. The average molecular weight is 460 g/mol. The van der Waals surface area contributed by atoms with Crippen LogP contribution in [0.15, 0.2) is 42.1 Å². The predicted molar refractivity (Wildman–Crippen MR) is 135 cm³/mol. The van der Waals surface area contributed by atoms with Crippen LogP contribution in [0.3, 0.4) is 0 Å². The highest BCUT2D eigenvalue weighted by molar-refractivity contribution is 7.53. The van der Waals surface area contributed by atoms with E-state index in [0.29, 0.717) is 25.3 Å². The van der Waals surface area contributed by atoms with Crippen LogP contribution in [0.1, 0.15) is 89.2 Å². The van der Waals surface area contributed by atoms with E-state index < -0.39 is 7.60 Å². The van der Waals surface area contributed by atoms with Crippen molar-refractivity contribution in [3.63, 3.8) is 0 Å². The molecule has 0 radical (unpaired) electrons. The zero-order chi connectivity index (χ0) is 22.8. The number of unbranched alkanes of at least 4 members (excludes halogenated alkanes) is 3. The lowest BCUT2D eigenvalue weighted by Crippen LogP contribution is -2.28. The van der Waals surface area contributed by atoms with Crippen LogP contribution in [0.25, 0.3) is 5.57 Å². The monoisotopic (exact) mass is 459 g/mol. The van der Waals surface area contributed by atoms with Crippen LogP contribution in [-0.2, 0) is 13.6 Å². The molecule has 3 rings (SSSR count). The topological polar surface area (TPSA) is 38.8 Å². The van der Waals surface area contributed by atoms with Crippen LogP contribution < -0.4 is 0 Å². The van der Waals surface area contributed by atoms with E-state index in [2.05, 4.69) is 62.1 Å². The number of benzene rings is 1. The minimum atomic E-state index is -2.99. The summed E-state index contributed by atoms with van der Waals surface area (Å²) in [5, 5.41) is 0. The molecule has 32 heavy (non-hydrogen) atoms. The van der Waals surface area contributed by atoms with Gasteiger partial charge in [-0.3, -0.25) is 4.57 Å². The highest BCUT2D eigenvalue weighted by atomic mass is 31.2. The van der Waals surface area contributed by atoms with Crippen LogP contribution in [0.4, 0.5) is 0 Å². The Labute approximate surface area is 195 Å². The van der Waals surface area contributed by atoms with Crippen LogP contribution in [0.2, 0.25) is 0 Å². The summed E-state index contributed by atoms with van der Waals surface area (Å²) in [4.78, 5) is 2.56. The van der Waals surface area contributed by atoms with Gasteiger partial charge in [-0.05, 0) is 43.2 Å². The molecular formula is C27H42NO3P. The number of nitrogens with zero attached hydrogens (tertiary/aromatic N) is 1. The molecule has 0 saturated carbocycles. The fourth-order valence-corrected chi connectivity index (χ4v) is 6.53. The molecule has 0 aromatic heterocycles. The number of hydrogen-bond acceptors (Lipinski definition) is 4. The Morgan fingerprint density at radius 3 is 2.38 bits per heavy atom. The summed E-state index contributed by atoms with van der Waals surface area (Å²) in [5.41, 5.74) is 5.74. The SMILES string of the molecule is CCCCOP(=O)(CCCCC1C2=C(C=CCN2CCC)c2ccccc21)OCCCC. The van der Waals surface area contributed by atoms with E-state index in [1.165, 1.54) is 22.4 Å². The number of allylic oxidation sites excluding steroid dienone is 3. The smallest absolute Gasteiger partial charge is 0.330 e. The first-order valence-corrected chi connectivity index (χ1v) is 14.5. The second-order valence-electron chi connectivity index (χ2n) is 8.99. The summed E-state index contributed by atoms with van der Waals surface area (Å²) in [6.45, 7) is 9.66. The molecule has 0 N–H and O–H groups in total. The Balaban J connectivity index is 1.63. The van der Waals surface area contributed by atoms with Crippen molar-refractivity contribution in [2.75, 3.05) is 32.5 Å². The van der Waals surface area contributed by atoms with Crippen molar-refractivity contribution in [2.24, 2.45) is 0 Å². The molecule has 1 unspecified atom stereocenters. The van der Waals surface area contributed by atoms with Crippen molar-refractivity contribution in [2.45, 2.75) is 78.1 Å². The molecule has 2 aliphatic rings. The van der Waals surface area contributed by atoms with Gasteiger partial charge in [0, 0.05) is 30.3 Å². The van der Waals surface area contributed by atoms with E-state index in [1.807, 2.05) is 0 Å². The Hall–Kier alpha value is -1.35. The Morgan fingerprint density at radius 2 is 1.69 bits per heavy atom. The number of fused-ring (bicyclic) bond motifs is 2. The first kappa shape index (κ1) is 25.3. The highest BCUT2D eigenvalue weighted by Gasteiger charge is 2.34. The molecule has 1 aromatic carbocycles. The molecule has 0 bridgehead atoms. The first-order chi connectivity index (χ1) is 15.6. The standard InChI is InChI=1S/C27H42NO3P/c1-4-7-20-30-32(29,31-21-8-5-2)22-12-11-16-25-23-14-9-10-15-24(23)26-17-13-19-28(18-6-3)27(25)26/h9-10,13-15,17,25H,4-8,11-12,16,18-22H2,1-3H3. The van der Waals surface area contributed by atoms with Crippen molar-refractivity contribution < 1.29 is 13.6 Å². The van der Waals surface area contributed by atoms with Gasteiger partial charge in [0.25, 0.3) is 0 Å². The summed E-state index contributed by atoms with van der Waals surface area (Å²) in [6.07, 6.45) is 13.2. The van der Waals surface area contributed by atoms with E-state index in [-0.39, 0.29) is 0 Å². The van der Waals surface area contributed by atoms with Gasteiger partial charge in [-0.15, -0.1) is 0 Å². The Bertz CT molecular complexity index is 818. The normalized spacial score (nSPS) is 17.7. The van der Waals surface area contributed by atoms with Crippen LogP contribution in [0, 0.1) is 0 Å². The molecule has 178 valence electrons. The van der Waals surface area contributed by atoms with Gasteiger partial charge in [0.05, 0.1) is 19.4 Å². The molecule has 1 aromatic rings. The molecule has 0 saturated heterocycles. The fraction of sp³-hybridized carbons (Fsp3) is 0.630. The zero-order valence-corrected chi connectivity index (χ0v) is 21.2. The molecule has 5 heteroatoms. The largest absolute Gasteiger partial charge is 0.370 e. The van der Waals surface area contributed by atoms with Gasteiger partial charge >= 0.3 is 7.60 Å². The second kappa shape index (κ2) is 12.8. The van der Waals surface area contributed by atoms with Crippen LogP contribution >= 0.6 is 7.60 Å². The molecule has 1 atom stereocenters. The summed E-state index contributed by atoms with van der Waals surface area (Å²) >= 11 is 0. The van der Waals surface area contributed by atoms with Gasteiger partial charge in [-0.25, -0.2) is 0 Å². The average Bonchev–Trinajstić information content (AvgIpc) is 3.12. The third-order valence-electron chi connectivity index (χ3n) is 6.42. The minimum absolute atomic E-state index is 0.430. The third kappa shape index (κ3) is 6.37. The maximum atomic E-state index is 13.3. The lowest BCUT2D eigenvalue weighted by atomic mass is 9.93. The van der Waals surface area contributed by atoms with Gasteiger partial charge in [0.15, 0.2) is 0 Å². The van der Waals surface area contributed by atoms with Crippen LogP contribution in [-0.4, -0.2) is 37.4 Å². The van der Waals surface area contributed by atoms with E-state index >= 15 is 0 Å². The molecule has 0 spiro atoms. The molecule has 1 aliphatic heterocycles. The summed E-state index contributed by atoms with van der Waals surface area (Å²) in [7, 11) is -2.99. The van der Waals surface area contributed by atoms with E-state index in [0.717, 1.165) is 64.5 Å². The van der Waals surface area contributed by atoms with Gasteiger partial charge in [0.1, 0.15) is 0 Å². The Morgan fingerprint density at radius 1 is 0.969 bits per heavy atom. The molecular weight excluding hydrogens is 417 g/mol. The summed E-state index contributed by atoms with van der Waals surface area (Å²) < 4.78 is 24.8. The van der Waals surface area contributed by atoms with Crippen molar-refractivity contribution in [1.29, 1.82) is 0 Å². The third-order valence-corrected chi connectivity index (χ3v) is 8.44. The number of rotatable bonds is 15. The van der Waals surface area contributed by atoms with Gasteiger partial charge in [-0.2, -0.15) is 0 Å². The maximum absolute atomic E-state index is 13.3. The number of hydrogen-bond donors (Lipinski definition) is 0. The Kier molecular flexibility index (Phi) is 10.1. The lowest BCUT2D eigenvalue weighted by Gasteiger charge is -2.32. The summed E-state index contributed by atoms with van der Waals surface area (Å²) in [5.74, 6) is 0.430. The van der Waals surface area contributed by atoms with Crippen molar-refractivity contribution >= 4 is 13.2 Å². The first-order valence-electron chi connectivity index (χ1n) is 12.8. The fourth-order valence-electron chi connectivity index (χ4n) is 4.77. The molecule has 4 nitrogen and oxygen atoms in total. The van der Waals surface area contributed by atoms with Gasteiger partial charge in [0.2, 0.25) is 0 Å². The highest BCUT2D eigenvalue weighted by Crippen LogP contribution is 2.51. The minimum Gasteiger partial charge on any atom is -0.370 e. The van der Waals surface area contributed by atoms with E-state index in [4.69, 9.17) is 9.05 Å². The van der Waals surface area contributed by atoms with Crippen molar-refractivity contribution in [3.8, 4) is 0 Å². The van der Waals surface area contributed by atoms with Gasteiger partial charge in [-0.1, -0.05) is 76.5 Å². The van der Waals surface area contributed by atoms with Crippen molar-refractivity contribution in [3.05, 3.63) is 53.2 Å². The van der Waals surface area contributed by atoms with E-state index in [9.17, 15) is 4.57 Å². The van der Waals surface area contributed by atoms with E-state index in [1.54, 1.807) is 0 Å². The van der Waals surface area contributed by atoms with Crippen molar-refractivity contribution in [1.82, 2.24) is 4.90 Å². The maximum Gasteiger partial charge on any atom is 0.330 e. The lowest BCUT2D eigenvalue weighted by molar-refractivity contribution is 0.199. The predicted octanol–water partition coefficient (Wildman–Crippen LogP) is 7.77. The molecule has 0 amide bonds. The molecule has 1 aliphatic carbocycles. The molecule has 0 fully saturated rings. The van der Waals surface area contributed by atoms with Gasteiger partial charge < -0.3 is 13.9 Å². The van der Waals surface area contributed by atoms with Crippen LogP contribution in [0.5, 0.6) is 0 Å². The summed E-state index contributed by atoms with van der Waals surface area (Å²) in [6, 6.07) is 8.87.